The summed E-state index contributed by atoms with van der Waals surface area (Å²) in [4.78, 5) is 11.3. The fourth-order valence-corrected chi connectivity index (χ4v) is 2.83. The zero-order valence-corrected chi connectivity index (χ0v) is 15.3. The van der Waals surface area contributed by atoms with Crippen molar-refractivity contribution in [1.29, 1.82) is 0 Å². The number of benzene rings is 2. The average molecular weight is 350 g/mol. The number of rotatable bonds is 6. The summed E-state index contributed by atoms with van der Waals surface area (Å²) in [5.74, 6) is 1.18. The maximum Gasteiger partial charge on any atom is 0.225 e. The monoisotopic (exact) mass is 350 g/mol. The van der Waals surface area contributed by atoms with Crippen molar-refractivity contribution in [3.63, 3.8) is 0 Å². The molecule has 3 rings (SSSR count). The van der Waals surface area contributed by atoms with Crippen LogP contribution in [0, 0.1) is 19.7 Å². The Morgan fingerprint density at radius 3 is 2.46 bits per heavy atom. The van der Waals surface area contributed by atoms with Crippen LogP contribution in [0.4, 0.5) is 21.8 Å². The molecule has 1 N–H and O–H groups in total. The lowest BCUT2D eigenvalue weighted by Gasteiger charge is -2.23. The molecule has 0 radical (unpaired) electrons. The van der Waals surface area contributed by atoms with Crippen LogP contribution in [0.15, 0.2) is 54.6 Å². The van der Waals surface area contributed by atoms with Gasteiger partial charge in [0.25, 0.3) is 0 Å². The maximum absolute atomic E-state index is 13.0. The number of anilines is 3. The molecule has 0 saturated heterocycles. The second-order valence-electron chi connectivity index (χ2n) is 6.25. The van der Waals surface area contributed by atoms with E-state index in [0.29, 0.717) is 12.5 Å². The van der Waals surface area contributed by atoms with Gasteiger partial charge in [-0.25, -0.2) is 9.37 Å². The third-order valence-electron chi connectivity index (χ3n) is 4.11. The van der Waals surface area contributed by atoms with Crippen LogP contribution in [0.2, 0.25) is 0 Å². The van der Waals surface area contributed by atoms with Crippen molar-refractivity contribution < 1.29 is 4.39 Å². The summed E-state index contributed by atoms with van der Waals surface area (Å²) in [6.45, 7) is 7.49. The summed E-state index contributed by atoms with van der Waals surface area (Å²) in [7, 11) is 0. The van der Waals surface area contributed by atoms with Gasteiger partial charge >= 0.3 is 0 Å². The quantitative estimate of drug-likeness (QED) is 0.679. The van der Waals surface area contributed by atoms with Crippen molar-refractivity contribution in [3.8, 4) is 0 Å². The van der Waals surface area contributed by atoms with Crippen LogP contribution in [-0.4, -0.2) is 16.5 Å². The second kappa shape index (κ2) is 7.95. The van der Waals surface area contributed by atoms with Crippen LogP contribution in [-0.2, 0) is 6.54 Å². The normalized spacial score (nSPS) is 10.6. The van der Waals surface area contributed by atoms with E-state index in [9.17, 15) is 4.39 Å². The molecule has 1 heterocycles. The summed E-state index contributed by atoms with van der Waals surface area (Å²) in [6.07, 6.45) is 0. The zero-order valence-electron chi connectivity index (χ0n) is 15.3. The van der Waals surface area contributed by atoms with Crippen LogP contribution >= 0.6 is 0 Å². The van der Waals surface area contributed by atoms with Gasteiger partial charge in [0, 0.05) is 30.5 Å². The number of aryl methyl sites for hydroxylation is 2. The van der Waals surface area contributed by atoms with Crippen molar-refractivity contribution in [1.82, 2.24) is 9.97 Å². The van der Waals surface area contributed by atoms with Gasteiger partial charge in [0.1, 0.15) is 11.6 Å². The highest BCUT2D eigenvalue weighted by Gasteiger charge is 2.11. The van der Waals surface area contributed by atoms with E-state index >= 15 is 0 Å². The number of hydrogen-bond acceptors (Lipinski definition) is 4. The summed E-state index contributed by atoms with van der Waals surface area (Å²) in [5.41, 5.74) is 4.18. The van der Waals surface area contributed by atoms with Crippen LogP contribution in [0.3, 0.4) is 0 Å². The van der Waals surface area contributed by atoms with Crippen molar-refractivity contribution in [2.75, 3.05) is 16.8 Å². The zero-order chi connectivity index (χ0) is 18.5. The molecule has 0 amide bonds. The lowest BCUT2D eigenvalue weighted by molar-refractivity contribution is 0.627. The highest BCUT2D eigenvalue weighted by atomic mass is 19.1. The fourth-order valence-electron chi connectivity index (χ4n) is 2.83. The first-order valence-corrected chi connectivity index (χ1v) is 8.73. The van der Waals surface area contributed by atoms with Gasteiger partial charge in [0.15, 0.2) is 0 Å². The SMILES string of the molecule is CCN(c1cccc(C)c1)c1cc(C)nc(NCc2ccc(F)cc2)n1. The Bertz CT molecular complexity index is 877. The number of hydrogen-bond donors (Lipinski definition) is 1. The van der Waals surface area contributed by atoms with E-state index in [1.807, 2.05) is 13.0 Å². The van der Waals surface area contributed by atoms with Gasteiger partial charge in [-0.15, -0.1) is 0 Å². The van der Waals surface area contributed by atoms with Gasteiger partial charge in [0.2, 0.25) is 5.95 Å². The van der Waals surface area contributed by atoms with Gasteiger partial charge in [-0.3, -0.25) is 0 Å². The topological polar surface area (TPSA) is 41.1 Å². The molecule has 0 fully saturated rings. The van der Waals surface area contributed by atoms with Crippen molar-refractivity contribution in [2.24, 2.45) is 0 Å². The molecule has 26 heavy (non-hydrogen) atoms. The Labute approximate surface area is 153 Å². The molecule has 2 aromatic carbocycles. The van der Waals surface area contributed by atoms with Crippen LogP contribution in [0.25, 0.3) is 0 Å². The molecule has 0 saturated carbocycles. The molecular formula is C21H23FN4. The summed E-state index contributed by atoms with van der Waals surface area (Å²) >= 11 is 0. The van der Waals surface area contributed by atoms with Crippen molar-refractivity contribution >= 4 is 17.5 Å². The molecule has 3 aromatic rings. The molecule has 0 bridgehead atoms. The third-order valence-corrected chi connectivity index (χ3v) is 4.11. The minimum Gasteiger partial charge on any atom is -0.350 e. The molecule has 0 unspecified atom stereocenters. The number of aromatic nitrogens is 2. The number of nitrogens with zero attached hydrogens (tertiary/aromatic N) is 3. The number of halogens is 1. The predicted molar refractivity (Wildman–Crippen MR) is 104 cm³/mol. The summed E-state index contributed by atoms with van der Waals surface area (Å²) < 4.78 is 13.0. The molecular weight excluding hydrogens is 327 g/mol. The Balaban J connectivity index is 1.83. The van der Waals surface area contributed by atoms with E-state index in [2.05, 4.69) is 58.3 Å². The molecule has 0 aliphatic rings. The molecule has 0 aliphatic carbocycles. The van der Waals surface area contributed by atoms with E-state index in [0.717, 1.165) is 29.3 Å². The highest BCUT2D eigenvalue weighted by Crippen LogP contribution is 2.25. The highest BCUT2D eigenvalue weighted by molar-refractivity contribution is 5.61. The van der Waals surface area contributed by atoms with Crippen LogP contribution in [0.5, 0.6) is 0 Å². The molecule has 1 aromatic heterocycles. The minimum absolute atomic E-state index is 0.236. The van der Waals surface area contributed by atoms with E-state index in [4.69, 9.17) is 0 Å². The largest absolute Gasteiger partial charge is 0.350 e. The molecule has 0 atom stereocenters. The van der Waals surface area contributed by atoms with Crippen molar-refractivity contribution in [3.05, 3.63) is 77.2 Å². The molecule has 5 heteroatoms. The van der Waals surface area contributed by atoms with Crippen LogP contribution < -0.4 is 10.2 Å². The molecule has 4 nitrogen and oxygen atoms in total. The first-order valence-electron chi connectivity index (χ1n) is 8.73. The molecule has 134 valence electrons. The third kappa shape index (κ3) is 4.36. The average Bonchev–Trinajstić information content (AvgIpc) is 2.62. The lowest BCUT2D eigenvalue weighted by Crippen LogP contribution is -2.19. The maximum atomic E-state index is 13.0. The summed E-state index contributed by atoms with van der Waals surface area (Å²) in [6, 6.07) is 16.8. The molecule has 0 aliphatic heterocycles. The van der Waals surface area contributed by atoms with E-state index < -0.39 is 0 Å². The fraction of sp³-hybridized carbons (Fsp3) is 0.238. The first-order chi connectivity index (χ1) is 12.5. The smallest absolute Gasteiger partial charge is 0.225 e. The van der Waals surface area contributed by atoms with Crippen LogP contribution in [0.1, 0.15) is 23.7 Å². The Morgan fingerprint density at radius 2 is 1.77 bits per heavy atom. The van der Waals surface area contributed by atoms with Gasteiger partial charge < -0.3 is 10.2 Å². The second-order valence-corrected chi connectivity index (χ2v) is 6.25. The minimum atomic E-state index is -0.236. The first kappa shape index (κ1) is 17.9. The van der Waals surface area contributed by atoms with E-state index in [-0.39, 0.29) is 5.82 Å². The molecule has 0 spiro atoms. The van der Waals surface area contributed by atoms with Crippen molar-refractivity contribution in [2.45, 2.75) is 27.3 Å². The van der Waals surface area contributed by atoms with E-state index in [1.54, 1.807) is 12.1 Å². The van der Waals surface area contributed by atoms with Gasteiger partial charge in [0.05, 0.1) is 0 Å². The van der Waals surface area contributed by atoms with Gasteiger partial charge in [-0.2, -0.15) is 4.98 Å². The number of nitrogens with one attached hydrogen (secondary N) is 1. The summed E-state index contributed by atoms with van der Waals surface area (Å²) in [5, 5.41) is 3.23. The van der Waals surface area contributed by atoms with E-state index in [1.165, 1.54) is 17.7 Å². The Kier molecular flexibility index (Phi) is 5.46. The standard InChI is InChI=1S/C21H23FN4/c1-4-26(19-7-5-6-15(2)12-19)20-13-16(3)24-21(25-20)23-14-17-8-10-18(22)11-9-17/h5-13H,4,14H2,1-3H3,(H,23,24,25). The van der Waals surface area contributed by atoms with Gasteiger partial charge in [-0.1, -0.05) is 24.3 Å². The lowest BCUT2D eigenvalue weighted by atomic mass is 10.2. The van der Waals surface area contributed by atoms with Gasteiger partial charge in [-0.05, 0) is 56.2 Å². The predicted octanol–water partition coefficient (Wildman–Crippen LogP) is 5.00. The Hall–Kier alpha value is -2.95. The Morgan fingerprint density at radius 1 is 1.00 bits per heavy atom.